The second-order valence-corrected chi connectivity index (χ2v) is 7.77. The van der Waals surface area contributed by atoms with E-state index < -0.39 is 5.82 Å². The highest BCUT2D eigenvalue weighted by atomic mass is 19.1. The van der Waals surface area contributed by atoms with Gasteiger partial charge in [-0.25, -0.2) is 9.37 Å². The molecule has 1 aliphatic rings. The zero-order valence-electron chi connectivity index (χ0n) is 19.0. The first-order valence-corrected chi connectivity index (χ1v) is 11.1. The lowest BCUT2D eigenvalue weighted by Crippen LogP contribution is -2.29. The van der Waals surface area contributed by atoms with Crippen LogP contribution in [0.2, 0.25) is 0 Å². The van der Waals surface area contributed by atoms with Gasteiger partial charge < -0.3 is 25.6 Å². The van der Waals surface area contributed by atoms with Gasteiger partial charge in [-0.1, -0.05) is 26.1 Å². The first-order valence-electron chi connectivity index (χ1n) is 11.1. The molecule has 0 bridgehead atoms. The predicted octanol–water partition coefficient (Wildman–Crippen LogP) is 4.86. The van der Waals surface area contributed by atoms with E-state index in [2.05, 4.69) is 32.5 Å². The summed E-state index contributed by atoms with van der Waals surface area (Å²) in [5.41, 5.74) is 1.72. The minimum absolute atomic E-state index is 0. The van der Waals surface area contributed by atoms with Crippen molar-refractivity contribution in [2.75, 3.05) is 35.6 Å². The smallest absolute Gasteiger partial charge is 0.247 e. The zero-order valence-corrected chi connectivity index (χ0v) is 19.0. The summed E-state index contributed by atoms with van der Waals surface area (Å²) in [6, 6.07) is 14.0. The van der Waals surface area contributed by atoms with Gasteiger partial charge in [-0.3, -0.25) is 9.59 Å². The van der Waals surface area contributed by atoms with Gasteiger partial charge >= 0.3 is 0 Å². The SMILES string of the molecule is C.C=CC(=O)Nc1cccc(Nc2nc(Nc3cccc(OCCN4CCCC4=O)c3)ncc2F)c1. The molecule has 1 aliphatic heterocycles. The summed E-state index contributed by atoms with van der Waals surface area (Å²) in [7, 11) is 0. The van der Waals surface area contributed by atoms with Crippen LogP contribution >= 0.6 is 0 Å². The standard InChI is InChI=1S/C25H25FN6O3.CH4/c1-2-22(33)28-17-6-3-7-18(14-17)29-24-21(26)16-27-25(31-24)30-19-8-4-9-20(15-19)35-13-12-32-11-5-10-23(32)34;/h2-4,6-9,14-16H,1,5,10-13H2,(H,28,33)(H2,27,29,30,31);1H4. The van der Waals surface area contributed by atoms with Crippen molar-refractivity contribution in [1.82, 2.24) is 14.9 Å². The van der Waals surface area contributed by atoms with Crippen LogP contribution in [-0.2, 0) is 9.59 Å². The van der Waals surface area contributed by atoms with E-state index in [1.165, 1.54) is 0 Å². The number of hydrogen-bond acceptors (Lipinski definition) is 7. The van der Waals surface area contributed by atoms with E-state index in [1.54, 1.807) is 35.2 Å². The number of anilines is 5. The van der Waals surface area contributed by atoms with Gasteiger partial charge in [0.15, 0.2) is 11.6 Å². The lowest BCUT2D eigenvalue weighted by Gasteiger charge is -2.16. The number of aromatic nitrogens is 2. The van der Waals surface area contributed by atoms with Gasteiger partial charge in [0.2, 0.25) is 17.8 Å². The van der Waals surface area contributed by atoms with E-state index >= 15 is 0 Å². The van der Waals surface area contributed by atoms with Crippen LogP contribution in [0.1, 0.15) is 20.3 Å². The number of ether oxygens (including phenoxy) is 1. The fourth-order valence-electron chi connectivity index (χ4n) is 3.53. The predicted molar refractivity (Wildman–Crippen MR) is 138 cm³/mol. The molecule has 36 heavy (non-hydrogen) atoms. The van der Waals surface area contributed by atoms with Crippen molar-refractivity contribution < 1.29 is 18.7 Å². The van der Waals surface area contributed by atoms with Crippen LogP contribution in [0.3, 0.4) is 0 Å². The van der Waals surface area contributed by atoms with Gasteiger partial charge in [-0.05, 0) is 42.8 Å². The van der Waals surface area contributed by atoms with Crippen molar-refractivity contribution in [1.29, 1.82) is 0 Å². The number of likely N-dealkylation sites (tertiary alicyclic amines) is 1. The van der Waals surface area contributed by atoms with Crippen molar-refractivity contribution >= 4 is 40.6 Å². The summed E-state index contributed by atoms with van der Waals surface area (Å²) >= 11 is 0. The Kier molecular flexibility index (Phi) is 8.93. The number of carbonyl (C=O) groups is 2. The maximum Gasteiger partial charge on any atom is 0.247 e. The molecule has 0 unspecified atom stereocenters. The molecule has 0 aliphatic carbocycles. The molecular weight excluding hydrogens is 463 g/mol. The van der Waals surface area contributed by atoms with E-state index in [1.807, 2.05) is 18.2 Å². The van der Waals surface area contributed by atoms with E-state index in [9.17, 15) is 14.0 Å². The third kappa shape index (κ3) is 7.02. The van der Waals surface area contributed by atoms with E-state index in [0.717, 1.165) is 25.2 Å². The zero-order chi connectivity index (χ0) is 24.6. The number of halogens is 1. The van der Waals surface area contributed by atoms with Crippen molar-refractivity contribution in [2.45, 2.75) is 20.3 Å². The minimum atomic E-state index is -0.635. The first kappa shape index (κ1) is 26.1. The Labute approximate surface area is 209 Å². The molecular formula is C26H29FN6O3. The number of hydrogen-bond donors (Lipinski definition) is 3. The maximum atomic E-state index is 14.4. The van der Waals surface area contributed by atoms with Crippen molar-refractivity contribution in [2.24, 2.45) is 0 Å². The molecule has 0 radical (unpaired) electrons. The van der Waals surface area contributed by atoms with Crippen molar-refractivity contribution in [3.8, 4) is 5.75 Å². The molecule has 2 heterocycles. The quantitative estimate of drug-likeness (QED) is 0.347. The highest BCUT2D eigenvalue weighted by Crippen LogP contribution is 2.24. The summed E-state index contributed by atoms with van der Waals surface area (Å²) in [6.45, 7) is 5.13. The number of rotatable bonds is 10. The van der Waals surface area contributed by atoms with Gasteiger partial charge in [-0.15, -0.1) is 0 Å². The third-order valence-corrected chi connectivity index (χ3v) is 5.21. The highest BCUT2D eigenvalue weighted by Gasteiger charge is 2.19. The molecule has 0 saturated carbocycles. The van der Waals surface area contributed by atoms with Crippen LogP contribution < -0.4 is 20.7 Å². The van der Waals surface area contributed by atoms with E-state index in [-0.39, 0.29) is 31.0 Å². The van der Waals surface area contributed by atoms with E-state index in [4.69, 9.17) is 4.74 Å². The van der Waals surface area contributed by atoms with E-state index in [0.29, 0.717) is 42.4 Å². The maximum absolute atomic E-state index is 14.4. The molecule has 3 N–H and O–H groups in total. The fourth-order valence-corrected chi connectivity index (χ4v) is 3.53. The Bertz CT molecular complexity index is 1240. The van der Waals surface area contributed by atoms with Gasteiger partial charge in [0, 0.05) is 36.1 Å². The number of carbonyl (C=O) groups excluding carboxylic acids is 2. The molecule has 0 atom stereocenters. The largest absolute Gasteiger partial charge is 0.492 e. The Morgan fingerprint density at radius 3 is 2.64 bits per heavy atom. The Balaban J connectivity index is 0.00000361. The fraction of sp³-hybridized carbons (Fsp3) is 0.231. The average Bonchev–Trinajstić information content (AvgIpc) is 3.26. The molecule has 1 saturated heterocycles. The molecule has 1 aromatic heterocycles. The van der Waals surface area contributed by atoms with Gasteiger partial charge in [0.1, 0.15) is 12.4 Å². The van der Waals surface area contributed by atoms with Crippen LogP contribution in [0.5, 0.6) is 5.75 Å². The van der Waals surface area contributed by atoms with Crippen LogP contribution in [0, 0.1) is 5.82 Å². The van der Waals surface area contributed by atoms with Crippen LogP contribution in [0.15, 0.2) is 67.4 Å². The normalized spacial score (nSPS) is 12.5. The van der Waals surface area contributed by atoms with Gasteiger partial charge in [0.05, 0.1) is 12.7 Å². The van der Waals surface area contributed by atoms with Crippen molar-refractivity contribution in [3.63, 3.8) is 0 Å². The summed E-state index contributed by atoms with van der Waals surface area (Å²) in [4.78, 5) is 33.3. The summed E-state index contributed by atoms with van der Waals surface area (Å²) in [5, 5.41) is 8.59. The number of benzene rings is 2. The summed E-state index contributed by atoms with van der Waals surface area (Å²) < 4.78 is 20.2. The molecule has 2 aromatic carbocycles. The van der Waals surface area contributed by atoms with Crippen LogP contribution in [-0.4, -0.2) is 46.4 Å². The van der Waals surface area contributed by atoms with Gasteiger partial charge in [0.25, 0.3) is 0 Å². The number of amides is 2. The van der Waals surface area contributed by atoms with Crippen molar-refractivity contribution in [3.05, 3.63) is 73.2 Å². The third-order valence-electron chi connectivity index (χ3n) is 5.21. The molecule has 188 valence electrons. The van der Waals surface area contributed by atoms with Crippen LogP contribution in [0.4, 0.5) is 33.2 Å². The topological polar surface area (TPSA) is 108 Å². The molecule has 9 nitrogen and oxygen atoms in total. The molecule has 10 heteroatoms. The number of nitrogens with zero attached hydrogens (tertiary/aromatic N) is 3. The average molecular weight is 493 g/mol. The lowest BCUT2D eigenvalue weighted by atomic mass is 10.2. The molecule has 3 aromatic rings. The Morgan fingerprint density at radius 1 is 1.14 bits per heavy atom. The molecule has 0 spiro atoms. The summed E-state index contributed by atoms with van der Waals surface area (Å²) in [6.07, 6.45) is 3.72. The molecule has 1 fully saturated rings. The minimum Gasteiger partial charge on any atom is -0.492 e. The van der Waals surface area contributed by atoms with Crippen LogP contribution in [0.25, 0.3) is 0 Å². The second-order valence-electron chi connectivity index (χ2n) is 7.77. The summed E-state index contributed by atoms with van der Waals surface area (Å²) in [5.74, 6) is -0.0416. The Morgan fingerprint density at radius 2 is 1.89 bits per heavy atom. The first-order chi connectivity index (χ1) is 17.0. The molecule has 4 rings (SSSR count). The second kappa shape index (κ2) is 12.3. The number of nitrogens with one attached hydrogen (secondary N) is 3. The molecule has 2 amide bonds. The highest BCUT2D eigenvalue weighted by molar-refractivity contribution is 5.99. The Hall–Kier alpha value is -4.47. The monoisotopic (exact) mass is 492 g/mol. The lowest BCUT2D eigenvalue weighted by molar-refractivity contribution is -0.128. The van der Waals surface area contributed by atoms with Gasteiger partial charge in [-0.2, -0.15) is 4.98 Å².